The molecule has 2 heterocycles. The highest BCUT2D eigenvalue weighted by atomic mass is 16.5. The highest BCUT2D eigenvalue weighted by Gasteiger charge is 2.44. The Morgan fingerprint density at radius 2 is 2.18 bits per heavy atom. The SMILES string of the molecule is Cc1cc2c(c3c1NC(=O)C3(C)C)OC(C)C2. The minimum Gasteiger partial charge on any atom is -0.490 e. The van der Waals surface area contributed by atoms with Gasteiger partial charge in [0.15, 0.2) is 0 Å². The van der Waals surface area contributed by atoms with Crippen LogP contribution in [0, 0.1) is 6.92 Å². The molecule has 2 aliphatic heterocycles. The number of hydrogen-bond donors (Lipinski definition) is 1. The van der Waals surface area contributed by atoms with Gasteiger partial charge < -0.3 is 10.1 Å². The Labute approximate surface area is 101 Å². The third-order valence-corrected chi connectivity index (χ3v) is 3.81. The van der Waals surface area contributed by atoms with Crippen LogP contribution in [0.2, 0.25) is 0 Å². The van der Waals surface area contributed by atoms with E-state index in [9.17, 15) is 4.79 Å². The van der Waals surface area contributed by atoms with Crippen LogP contribution in [0.1, 0.15) is 37.5 Å². The summed E-state index contributed by atoms with van der Waals surface area (Å²) in [6, 6.07) is 2.14. The fourth-order valence-electron chi connectivity index (χ4n) is 2.85. The molecule has 1 atom stereocenters. The summed E-state index contributed by atoms with van der Waals surface area (Å²) in [5.41, 5.74) is 3.87. The Hall–Kier alpha value is -1.51. The van der Waals surface area contributed by atoms with Crippen molar-refractivity contribution >= 4 is 11.6 Å². The third-order valence-electron chi connectivity index (χ3n) is 3.81. The van der Waals surface area contributed by atoms with Gasteiger partial charge in [0.1, 0.15) is 11.9 Å². The van der Waals surface area contributed by atoms with Crippen LogP contribution >= 0.6 is 0 Å². The Balaban J connectivity index is 2.30. The Morgan fingerprint density at radius 1 is 1.47 bits per heavy atom. The maximum Gasteiger partial charge on any atom is 0.234 e. The molecule has 1 aromatic carbocycles. The van der Waals surface area contributed by atoms with Crippen molar-refractivity contribution in [2.24, 2.45) is 0 Å². The summed E-state index contributed by atoms with van der Waals surface area (Å²) in [6.07, 6.45) is 1.15. The molecule has 1 aromatic rings. The minimum atomic E-state index is -0.491. The zero-order valence-corrected chi connectivity index (χ0v) is 10.7. The van der Waals surface area contributed by atoms with Crippen LogP contribution in [0.3, 0.4) is 0 Å². The number of hydrogen-bond acceptors (Lipinski definition) is 2. The molecule has 3 nitrogen and oxygen atoms in total. The van der Waals surface area contributed by atoms with E-state index in [4.69, 9.17) is 4.74 Å². The number of carbonyl (C=O) groups excluding carboxylic acids is 1. The molecule has 0 spiro atoms. The number of rotatable bonds is 0. The predicted molar refractivity (Wildman–Crippen MR) is 66.6 cm³/mol. The van der Waals surface area contributed by atoms with Crippen molar-refractivity contribution in [2.45, 2.75) is 45.6 Å². The van der Waals surface area contributed by atoms with E-state index in [-0.39, 0.29) is 12.0 Å². The van der Waals surface area contributed by atoms with Crippen molar-refractivity contribution in [1.29, 1.82) is 0 Å². The molecule has 2 aliphatic rings. The Kier molecular flexibility index (Phi) is 1.90. The van der Waals surface area contributed by atoms with E-state index >= 15 is 0 Å². The van der Waals surface area contributed by atoms with E-state index in [1.165, 1.54) is 5.56 Å². The lowest BCUT2D eigenvalue weighted by atomic mass is 9.83. The summed E-state index contributed by atoms with van der Waals surface area (Å²) < 4.78 is 5.90. The largest absolute Gasteiger partial charge is 0.490 e. The summed E-state index contributed by atoms with van der Waals surface area (Å²) in [7, 11) is 0. The molecule has 90 valence electrons. The van der Waals surface area contributed by atoms with Crippen LogP contribution in [-0.4, -0.2) is 12.0 Å². The molecular formula is C14H17NO2. The molecule has 0 saturated carbocycles. The first-order valence-corrected chi connectivity index (χ1v) is 6.06. The Morgan fingerprint density at radius 3 is 2.88 bits per heavy atom. The van der Waals surface area contributed by atoms with Gasteiger partial charge in [-0.05, 0) is 38.8 Å². The fraction of sp³-hybridized carbons (Fsp3) is 0.500. The molecule has 17 heavy (non-hydrogen) atoms. The second-order valence-corrected chi connectivity index (χ2v) is 5.64. The van der Waals surface area contributed by atoms with Crippen molar-refractivity contribution in [1.82, 2.24) is 0 Å². The minimum absolute atomic E-state index is 0.0622. The quantitative estimate of drug-likeness (QED) is 0.745. The molecule has 3 rings (SSSR count). The van der Waals surface area contributed by atoms with Crippen LogP contribution < -0.4 is 10.1 Å². The highest BCUT2D eigenvalue weighted by molar-refractivity contribution is 6.07. The number of amides is 1. The number of ether oxygens (including phenoxy) is 1. The van der Waals surface area contributed by atoms with Gasteiger partial charge in [-0.15, -0.1) is 0 Å². The van der Waals surface area contributed by atoms with Gasteiger partial charge in [0.25, 0.3) is 0 Å². The van der Waals surface area contributed by atoms with Crippen molar-refractivity contribution < 1.29 is 9.53 Å². The number of anilines is 1. The number of aryl methyl sites for hydroxylation is 1. The van der Waals surface area contributed by atoms with Gasteiger partial charge in [-0.2, -0.15) is 0 Å². The number of nitrogens with one attached hydrogen (secondary N) is 1. The maximum absolute atomic E-state index is 12.0. The summed E-state index contributed by atoms with van der Waals surface area (Å²) in [4.78, 5) is 12.0. The summed E-state index contributed by atoms with van der Waals surface area (Å²) in [6.45, 7) is 8.03. The van der Waals surface area contributed by atoms with E-state index in [1.54, 1.807) is 0 Å². The van der Waals surface area contributed by atoms with Crippen LogP contribution in [0.25, 0.3) is 0 Å². The van der Waals surface area contributed by atoms with Gasteiger partial charge in [-0.3, -0.25) is 4.79 Å². The van der Waals surface area contributed by atoms with Gasteiger partial charge >= 0.3 is 0 Å². The highest BCUT2D eigenvalue weighted by Crippen LogP contribution is 2.49. The molecule has 0 radical (unpaired) electrons. The average Bonchev–Trinajstić information content (AvgIpc) is 2.67. The second kappa shape index (κ2) is 3.03. The van der Waals surface area contributed by atoms with Crippen LogP contribution in [0.15, 0.2) is 6.07 Å². The fourth-order valence-corrected chi connectivity index (χ4v) is 2.85. The third kappa shape index (κ3) is 1.25. The second-order valence-electron chi connectivity index (χ2n) is 5.64. The van der Waals surface area contributed by atoms with E-state index in [0.29, 0.717) is 0 Å². The van der Waals surface area contributed by atoms with Crippen LogP contribution in [-0.2, 0) is 16.6 Å². The van der Waals surface area contributed by atoms with Crippen LogP contribution in [0.5, 0.6) is 5.75 Å². The average molecular weight is 231 g/mol. The van der Waals surface area contributed by atoms with Crippen LogP contribution in [0.4, 0.5) is 5.69 Å². The van der Waals surface area contributed by atoms with Gasteiger partial charge in [0.05, 0.1) is 11.1 Å². The van der Waals surface area contributed by atoms with E-state index < -0.39 is 5.41 Å². The van der Waals surface area contributed by atoms with Gasteiger partial charge in [0, 0.05) is 12.0 Å². The lowest BCUT2D eigenvalue weighted by molar-refractivity contribution is -0.119. The predicted octanol–water partition coefficient (Wildman–Crippen LogP) is 2.55. The van der Waals surface area contributed by atoms with Gasteiger partial charge in [-0.25, -0.2) is 0 Å². The first-order valence-electron chi connectivity index (χ1n) is 6.06. The number of benzene rings is 1. The maximum atomic E-state index is 12.0. The summed E-state index contributed by atoms with van der Waals surface area (Å²) in [5, 5.41) is 2.98. The molecule has 0 aromatic heterocycles. The Bertz CT molecular complexity index is 532. The van der Waals surface area contributed by atoms with E-state index in [0.717, 1.165) is 29.0 Å². The van der Waals surface area contributed by atoms with Crippen molar-refractivity contribution in [2.75, 3.05) is 5.32 Å². The molecule has 0 fully saturated rings. The number of carbonyl (C=O) groups is 1. The zero-order valence-electron chi connectivity index (χ0n) is 10.7. The lowest BCUT2D eigenvalue weighted by Gasteiger charge is -2.19. The van der Waals surface area contributed by atoms with E-state index in [1.807, 2.05) is 20.8 Å². The zero-order chi connectivity index (χ0) is 12.4. The molecule has 1 amide bonds. The molecule has 0 saturated heterocycles. The molecule has 1 N–H and O–H groups in total. The monoisotopic (exact) mass is 231 g/mol. The summed E-state index contributed by atoms with van der Waals surface area (Å²) >= 11 is 0. The normalized spacial score (nSPS) is 24.0. The van der Waals surface area contributed by atoms with Crippen molar-refractivity contribution in [3.63, 3.8) is 0 Å². The first kappa shape index (κ1) is 10.6. The molecule has 1 unspecified atom stereocenters. The van der Waals surface area contributed by atoms with Crippen molar-refractivity contribution in [3.8, 4) is 5.75 Å². The lowest BCUT2D eigenvalue weighted by Crippen LogP contribution is -2.27. The molecule has 0 bridgehead atoms. The summed E-state index contributed by atoms with van der Waals surface area (Å²) in [5.74, 6) is 0.994. The van der Waals surface area contributed by atoms with Gasteiger partial charge in [0.2, 0.25) is 5.91 Å². The standard InChI is InChI=1S/C14H17NO2/c1-7-5-9-6-8(2)17-12(9)10-11(7)15-13(16)14(10,3)4/h5,8H,6H2,1-4H3,(H,15,16). The first-order chi connectivity index (χ1) is 7.91. The molecule has 0 aliphatic carbocycles. The molecular weight excluding hydrogens is 214 g/mol. The van der Waals surface area contributed by atoms with E-state index in [2.05, 4.69) is 18.3 Å². The number of fused-ring (bicyclic) bond motifs is 3. The molecule has 3 heteroatoms. The smallest absolute Gasteiger partial charge is 0.234 e. The van der Waals surface area contributed by atoms with Crippen molar-refractivity contribution in [3.05, 3.63) is 22.8 Å². The topological polar surface area (TPSA) is 38.3 Å². The van der Waals surface area contributed by atoms with Gasteiger partial charge in [-0.1, -0.05) is 6.07 Å².